The van der Waals surface area contributed by atoms with Crippen molar-refractivity contribution >= 4 is 17.3 Å². The number of rotatable bonds is 4. The van der Waals surface area contributed by atoms with Crippen LogP contribution in [0.5, 0.6) is 0 Å². The first-order valence-electron chi connectivity index (χ1n) is 6.90. The van der Waals surface area contributed by atoms with Gasteiger partial charge in [-0.05, 0) is 70.0 Å². The quantitative estimate of drug-likeness (QED) is 0.896. The Labute approximate surface area is 115 Å². The predicted molar refractivity (Wildman–Crippen MR) is 79.7 cm³/mol. The van der Waals surface area contributed by atoms with Gasteiger partial charge in [0.2, 0.25) is 0 Å². The molecule has 0 spiro atoms. The molecule has 0 aromatic heterocycles. The van der Waals surface area contributed by atoms with E-state index in [4.69, 9.17) is 11.6 Å². The maximum Gasteiger partial charge on any atom is 0.0410 e. The molecule has 2 nitrogen and oxygen atoms in total. The second-order valence-electron chi connectivity index (χ2n) is 5.17. The molecule has 0 aliphatic carbocycles. The van der Waals surface area contributed by atoms with Crippen LogP contribution < -0.4 is 10.2 Å². The van der Waals surface area contributed by atoms with E-state index >= 15 is 0 Å². The Bertz CT molecular complexity index is 392. The van der Waals surface area contributed by atoms with Gasteiger partial charge in [0.05, 0.1) is 0 Å². The fraction of sp³-hybridized carbons (Fsp3) is 0.600. The number of hydrogen-bond donors (Lipinski definition) is 1. The first kappa shape index (κ1) is 13.7. The molecule has 2 rings (SSSR count). The zero-order chi connectivity index (χ0) is 13.0. The molecule has 1 saturated heterocycles. The van der Waals surface area contributed by atoms with E-state index in [9.17, 15) is 0 Å². The van der Waals surface area contributed by atoms with Gasteiger partial charge in [0.25, 0.3) is 0 Å². The standard InChI is InChI=1S/C15H23ClN2/c1-12-11-13(16)6-7-15(12)18-10-4-3-5-14(18)8-9-17-2/h6-7,11,14,17H,3-5,8-10H2,1-2H3. The Kier molecular flexibility index (Phi) is 4.90. The van der Waals surface area contributed by atoms with Crippen molar-refractivity contribution in [2.24, 2.45) is 0 Å². The Morgan fingerprint density at radius 3 is 2.94 bits per heavy atom. The van der Waals surface area contributed by atoms with Gasteiger partial charge in [-0.25, -0.2) is 0 Å². The highest BCUT2D eigenvalue weighted by Gasteiger charge is 2.23. The molecule has 0 bridgehead atoms. The van der Waals surface area contributed by atoms with Crippen LogP contribution in [0.15, 0.2) is 18.2 Å². The lowest BCUT2D eigenvalue weighted by atomic mass is 9.97. The molecule has 0 amide bonds. The summed E-state index contributed by atoms with van der Waals surface area (Å²) in [5.41, 5.74) is 2.65. The van der Waals surface area contributed by atoms with Gasteiger partial charge < -0.3 is 10.2 Å². The van der Waals surface area contributed by atoms with Gasteiger partial charge in [-0.2, -0.15) is 0 Å². The Morgan fingerprint density at radius 1 is 1.39 bits per heavy atom. The first-order chi connectivity index (χ1) is 8.72. The normalized spacial score (nSPS) is 20.2. The largest absolute Gasteiger partial charge is 0.368 e. The van der Waals surface area contributed by atoms with Gasteiger partial charge >= 0.3 is 0 Å². The van der Waals surface area contributed by atoms with E-state index in [0.29, 0.717) is 6.04 Å². The highest BCUT2D eigenvalue weighted by atomic mass is 35.5. The summed E-state index contributed by atoms with van der Waals surface area (Å²) in [5.74, 6) is 0. The molecule has 1 aromatic rings. The van der Waals surface area contributed by atoms with E-state index in [2.05, 4.69) is 29.3 Å². The monoisotopic (exact) mass is 266 g/mol. The van der Waals surface area contributed by atoms with Crippen molar-refractivity contribution in [2.45, 2.75) is 38.6 Å². The van der Waals surface area contributed by atoms with Crippen LogP contribution >= 0.6 is 11.6 Å². The summed E-state index contributed by atoms with van der Waals surface area (Å²) in [6, 6.07) is 6.93. The van der Waals surface area contributed by atoms with Crippen LogP contribution in [0.3, 0.4) is 0 Å². The number of nitrogens with one attached hydrogen (secondary N) is 1. The Hall–Kier alpha value is -0.730. The lowest BCUT2D eigenvalue weighted by Crippen LogP contribution is -2.41. The molecule has 1 fully saturated rings. The molecule has 1 N–H and O–H groups in total. The smallest absolute Gasteiger partial charge is 0.0410 e. The van der Waals surface area contributed by atoms with E-state index < -0.39 is 0 Å². The van der Waals surface area contributed by atoms with Crippen molar-refractivity contribution in [3.05, 3.63) is 28.8 Å². The maximum absolute atomic E-state index is 6.05. The van der Waals surface area contributed by atoms with Crippen LogP contribution in [0.25, 0.3) is 0 Å². The molecule has 0 radical (unpaired) electrons. The lowest BCUT2D eigenvalue weighted by molar-refractivity contribution is 0.433. The van der Waals surface area contributed by atoms with Crippen molar-refractivity contribution < 1.29 is 0 Å². The SMILES string of the molecule is CNCCC1CCCCN1c1ccc(Cl)cc1C. The minimum absolute atomic E-state index is 0.672. The number of halogens is 1. The van der Waals surface area contributed by atoms with E-state index in [1.807, 2.05) is 13.1 Å². The summed E-state index contributed by atoms with van der Waals surface area (Å²) in [4.78, 5) is 2.58. The zero-order valence-corrected chi connectivity index (χ0v) is 12.1. The molecule has 1 aromatic carbocycles. The van der Waals surface area contributed by atoms with Crippen LogP contribution in [-0.4, -0.2) is 26.2 Å². The van der Waals surface area contributed by atoms with Crippen LogP contribution in [0.2, 0.25) is 5.02 Å². The third-order valence-corrected chi connectivity index (χ3v) is 4.06. The van der Waals surface area contributed by atoms with Gasteiger partial charge in [-0.15, -0.1) is 0 Å². The average Bonchev–Trinajstić information content (AvgIpc) is 2.37. The summed E-state index contributed by atoms with van der Waals surface area (Å²) in [5, 5.41) is 4.10. The fourth-order valence-corrected chi connectivity index (χ4v) is 3.10. The highest BCUT2D eigenvalue weighted by molar-refractivity contribution is 6.30. The number of aryl methyl sites for hydroxylation is 1. The number of piperidine rings is 1. The molecule has 1 unspecified atom stereocenters. The molecular weight excluding hydrogens is 244 g/mol. The fourth-order valence-electron chi connectivity index (χ4n) is 2.87. The van der Waals surface area contributed by atoms with E-state index in [1.165, 1.54) is 43.5 Å². The summed E-state index contributed by atoms with van der Waals surface area (Å²) in [6.07, 6.45) is 5.19. The van der Waals surface area contributed by atoms with Gasteiger partial charge in [0.1, 0.15) is 0 Å². The van der Waals surface area contributed by atoms with E-state index in [-0.39, 0.29) is 0 Å². The molecule has 1 atom stereocenters. The van der Waals surface area contributed by atoms with Crippen LogP contribution in [0.1, 0.15) is 31.2 Å². The zero-order valence-electron chi connectivity index (χ0n) is 11.4. The third-order valence-electron chi connectivity index (χ3n) is 3.82. The number of benzene rings is 1. The summed E-state index contributed by atoms with van der Waals surface area (Å²) < 4.78 is 0. The van der Waals surface area contributed by atoms with E-state index in [1.54, 1.807) is 0 Å². The molecule has 18 heavy (non-hydrogen) atoms. The summed E-state index contributed by atoms with van der Waals surface area (Å²) >= 11 is 6.05. The minimum Gasteiger partial charge on any atom is -0.368 e. The molecular formula is C15H23ClN2. The van der Waals surface area contributed by atoms with Crippen LogP contribution in [0, 0.1) is 6.92 Å². The molecule has 1 aliphatic rings. The Balaban J connectivity index is 2.16. The maximum atomic E-state index is 6.05. The lowest BCUT2D eigenvalue weighted by Gasteiger charge is -2.38. The molecule has 0 saturated carbocycles. The topological polar surface area (TPSA) is 15.3 Å². The Morgan fingerprint density at radius 2 is 2.22 bits per heavy atom. The minimum atomic E-state index is 0.672. The third kappa shape index (κ3) is 3.18. The average molecular weight is 267 g/mol. The van der Waals surface area contributed by atoms with Crippen molar-refractivity contribution in [1.29, 1.82) is 0 Å². The first-order valence-corrected chi connectivity index (χ1v) is 7.27. The van der Waals surface area contributed by atoms with Crippen molar-refractivity contribution in [2.75, 3.05) is 25.0 Å². The van der Waals surface area contributed by atoms with Crippen molar-refractivity contribution in [3.8, 4) is 0 Å². The number of anilines is 1. The van der Waals surface area contributed by atoms with Gasteiger partial charge in [-0.1, -0.05) is 11.6 Å². The molecule has 100 valence electrons. The van der Waals surface area contributed by atoms with Gasteiger partial charge in [0.15, 0.2) is 0 Å². The van der Waals surface area contributed by atoms with Crippen LogP contribution in [-0.2, 0) is 0 Å². The molecule has 1 heterocycles. The van der Waals surface area contributed by atoms with Crippen molar-refractivity contribution in [3.63, 3.8) is 0 Å². The van der Waals surface area contributed by atoms with Gasteiger partial charge in [-0.3, -0.25) is 0 Å². The molecule has 1 aliphatic heterocycles. The van der Waals surface area contributed by atoms with Crippen molar-refractivity contribution in [1.82, 2.24) is 5.32 Å². The number of nitrogens with zero attached hydrogens (tertiary/aromatic N) is 1. The second-order valence-corrected chi connectivity index (χ2v) is 5.60. The molecule has 3 heteroatoms. The summed E-state index contributed by atoms with van der Waals surface area (Å²) in [6.45, 7) is 4.43. The summed E-state index contributed by atoms with van der Waals surface area (Å²) in [7, 11) is 2.03. The second kappa shape index (κ2) is 6.44. The highest BCUT2D eigenvalue weighted by Crippen LogP contribution is 2.30. The van der Waals surface area contributed by atoms with Gasteiger partial charge in [0, 0.05) is 23.3 Å². The van der Waals surface area contributed by atoms with E-state index in [0.717, 1.165) is 11.6 Å². The van der Waals surface area contributed by atoms with Crippen LogP contribution in [0.4, 0.5) is 5.69 Å². The number of hydrogen-bond acceptors (Lipinski definition) is 2. The predicted octanol–water partition coefficient (Wildman–Crippen LogP) is 3.62.